The minimum atomic E-state index is -0.782. The van der Waals surface area contributed by atoms with Gasteiger partial charge in [-0.15, -0.1) is 0 Å². The summed E-state index contributed by atoms with van der Waals surface area (Å²) in [7, 11) is 0. The summed E-state index contributed by atoms with van der Waals surface area (Å²) in [6, 6.07) is 15.1. The van der Waals surface area contributed by atoms with Crippen LogP contribution in [0.2, 0.25) is 5.02 Å². The number of carbonyl (C=O) groups is 2. The maximum atomic E-state index is 11.9. The number of amides is 2. The molecule has 0 aromatic heterocycles. The van der Waals surface area contributed by atoms with Crippen LogP contribution in [0, 0.1) is 0 Å². The summed E-state index contributed by atoms with van der Waals surface area (Å²) < 4.78 is 0. The molecule has 0 aliphatic heterocycles. The van der Waals surface area contributed by atoms with Crippen molar-refractivity contribution >= 4 is 23.4 Å². The fourth-order valence-electron chi connectivity index (χ4n) is 1.95. The summed E-state index contributed by atoms with van der Waals surface area (Å²) in [6.45, 7) is 0. The normalized spacial score (nSPS) is 11.7. The highest BCUT2D eigenvalue weighted by molar-refractivity contribution is 6.30. The Balaban J connectivity index is 1.93. The molecule has 0 saturated carbocycles. The maximum Gasteiger partial charge on any atom is 0.240 e. The third-order valence-corrected chi connectivity index (χ3v) is 3.30. The first-order chi connectivity index (χ1) is 10.6. The van der Waals surface area contributed by atoms with E-state index >= 15 is 0 Å². The largest absolute Gasteiger partial charge is 0.368 e. The molecule has 0 radical (unpaired) electrons. The number of nitrogens with one attached hydrogen (secondary N) is 2. The number of hydrazine groups is 1. The van der Waals surface area contributed by atoms with Crippen LogP contribution in [0.25, 0.3) is 0 Å². The molecule has 114 valence electrons. The summed E-state index contributed by atoms with van der Waals surface area (Å²) in [4.78, 5) is 23.4. The zero-order valence-corrected chi connectivity index (χ0v) is 12.5. The van der Waals surface area contributed by atoms with Crippen LogP contribution in [0.15, 0.2) is 54.6 Å². The third kappa shape index (κ3) is 4.58. The third-order valence-electron chi connectivity index (χ3n) is 3.05. The number of nitrogens with two attached hydrogens (primary N) is 1. The molecule has 6 heteroatoms. The second-order valence-electron chi connectivity index (χ2n) is 4.74. The molecule has 2 rings (SSSR count). The van der Waals surface area contributed by atoms with Crippen molar-refractivity contribution in [3.8, 4) is 0 Å². The Morgan fingerprint density at radius 2 is 1.68 bits per heavy atom. The first kappa shape index (κ1) is 16.0. The van der Waals surface area contributed by atoms with Gasteiger partial charge in [-0.2, -0.15) is 0 Å². The molecule has 2 amide bonds. The van der Waals surface area contributed by atoms with E-state index in [0.29, 0.717) is 10.6 Å². The number of benzene rings is 2. The van der Waals surface area contributed by atoms with E-state index in [4.69, 9.17) is 17.3 Å². The SMILES string of the molecule is NC(=O)[C@H](NNC(=O)Cc1ccc(Cl)cc1)c1ccccc1. The van der Waals surface area contributed by atoms with Gasteiger partial charge < -0.3 is 5.73 Å². The summed E-state index contributed by atoms with van der Waals surface area (Å²) in [5.41, 5.74) is 12.0. The van der Waals surface area contributed by atoms with Gasteiger partial charge in [-0.1, -0.05) is 54.1 Å². The van der Waals surface area contributed by atoms with E-state index < -0.39 is 11.9 Å². The van der Waals surface area contributed by atoms with E-state index in [1.54, 1.807) is 48.5 Å². The van der Waals surface area contributed by atoms with Gasteiger partial charge in [0, 0.05) is 5.02 Å². The topological polar surface area (TPSA) is 84.2 Å². The zero-order chi connectivity index (χ0) is 15.9. The highest BCUT2D eigenvalue weighted by atomic mass is 35.5. The Morgan fingerprint density at radius 1 is 1.05 bits per heavy atom. The number of primary amides is 1. The fraction of sp³-hybridized carbons (Fsp3) is 0.125. The minimum Gasteiger partial charge on any atom is -0.368 e. The van der Waals surface area contributed by atoms with Crippen molar-refractivity contribution in [3.05, 3.63) is 70.7 Å². The lowest BCUT2D eigenvalue weighted by atomic mass is 10.1. The van der Waals surface area contributed by atoms with Crippen molar-refractivity contribution in [2.24, 2.45) is 5.73 Å². The van der Waals surface area contributed by atoms with Crippen molar-refractivity contribution in [1.82, 2.24) is 10.9 Å². The monoisotopic (exact) mass is 317 g/mol. The lowest BCUT2D eigenvalue weighted by molar-refractivity contribution is -0.123. The van der Waals surface area contributed by atoms with Gasteiger partial charge in [-0.25, -0.2) is 5.43 Å². The van der Waals surface area contributed by atoms with Crippen LogP contribution < -0.4 is 16.6 Å². The molecule has 0 saturated heterocycles. The van der Waals surface area contributed by atoms with E-state index in [9.17, 15) is 9.59 Å². The molecule has 22 heavy (non-hydrogen) atoms. The number of halogens is 1. The second kappa shape index (κ2) is 7.59. The molecule has 2 aromatic rings. The van der Waals surface area contributed by atoms with E-state index in [2.05, 4.69) is 10.9 Å². The lowest BCUT2D eigenvalue weighted by Gasteiger charge is -2.16. The molecular formula is C16H16ClN3O2. The number of carbonyl (C=O) groups excluding carboxylic acids is 2. The van der Waals surface area contributed by atoms with Crippen LogP contribution >= 0.6 is 11.6 Å². The smallest absolute Gasteiger partial charge is 0.240 e. The van der Waals surface area contributed by atoms with Gasteiger partial charge in [0.05, 0.1) is 6.42 Å². The maximum absolute atomic E-state index is 11.9. The van der Waals surface area contributed by atoms with E-state index in [-0.39, 0.29) is 12.3 Å². The Hall–Kier alpha value is -2.37. The average Bonchev–Trinajstić information content (AvgIpc) is 2.50. The van der Waals surface area contributed by atoms with Gasteiger partial charge in [0.25, 0.3) is 0 Å². The highest BCUT2D eigenvalue weighted by Crippen LogP contribution is 2.11. The second-order valence-corrected chi connectivity index (χ2v) is 5.18. The van der Waals surface area contributed by atoms with E-state index in [1.165, 1.54) is 0 Å². The fourth-order valence-corrected chi connectivity index (χ4v) is 2.07. The lowest BCUT2D eigenvalue weighted by Crippen LogP contribution is -2.45. The van der Waals surface area contributed by atoms with E-state index in [1.807, 2.05) is 6.07 Å². The standard InChI is InChI=1S/C16H16ClN3O2/c17-13-8-6-11(7-9-13)10-14(21)19-20-15(16(18)22)12-4-2-1-3-5-12/h1-9,15,20H,10H2,(H2,18,22)(H,19,21)/t15-/m1/s1. The quantitative estimate of drug-likeness (QED) is 0.709. The van der Waals surface area contributed by atoms with Gasteiger partial charge in [-0.3, -0.25) is 15.0 Å². The number of hydrogen-bond acceptors (Lipinski definition) is 3. The van der Waals surface area contributed by atoms with Crippen LogP contribution in [0.3, 0.4) is 0 Å². The molecule has 0 heterocycles. The van der Waals surface area contributed by atoms with Gasteiger partial charge in [0.2, 0.25) is 11.8 Å². The predicted molar refractivity (Wildman–Crippen MR) is 84.8 cm³/mol. The minimum absolute atomic E-state index is 0.171. The molecule has 2 aromatic carbocycles. The molecule has 0 spiro atoms. The van der Waals surface area contributed by atoms with Crippen molar-refractivity contribution in [3.63, 3.8) is 0 Å². The Kier molecular flexibility index (Phi) is 5.52. The molecule has 0 aliphatic rings. The van der Waals surface area contributed by atoms with Gasteiger partial charge >= 0.3 is 0 Å². The molecule has 1 atom stereocenters. The van der Waals surface area contributed by atoms with Crippen molar-refractivity contribution in [1.29, 1.82) is 0 Å². The van der Waals surface area contributed by atoms with Crippen molar-refractivity contribution < 1.29 is 9.59 Å². The summed E-state index contributed by atoms with van der Waals surface area (Å²) in [5, 5.41) is 0.611. The van der Waals surface area contributed by atoms with Crippen LogP contribution in [-0.4, -0.2) is 11.8 Å². The summed E-state index contributed by atoms with van der Waals surface area (Å²) in [5.74, 6) is -0.845. The van der Waals surface area contributed by atoms with Crippen LogP contribution in [0.1, 0.15) is 17.2 Å². The molecule has 0 unspecified atom stereocenters. The average molecular weight is 318 g/mol. The predicted octanol–water partition coefficient (Wildman–Crippen LogP) is 1.73. The summed E-state index contributed by atoms with van der Waals surface area (Å²) in [6.07, 6.45) is 0.171. The van der Waals surface area contributed by atoms with Crippen LogP contribution in [0.4, 0.5) is 0 Å². The Morgan fingerprint density at radius 3 is 2.27 bits per heavy atom. The van der Waals surface area contributed by atoms with E-state index in [0.717, 1.165) is 5.56 Å². The zero-order valence-electron chi connectivity index (χ0n) is 11.8. The molecular weight excluding hydrogens is 302 g/mol. The van der Waals surface area contributed by atoms with Crippen LogP contribution in [0.5, 0.6) is 0 Å². The van der Waals surface area contributed by atoms with Gasteiger partial charge in [-0.05, 0) is 23.3 Å². The Labute approximate surface area is 133 Å². The highest BCUT2D eigenvalue weighted by Gasteiger charge is 2.17. The molecule has 0 fully saturated rings. The van der Waals surface area contributed by atoms with Crippen LogP contribution in [-0.2, 0) is 16.0 Å². The number of hydrogen-bond donors (Lipinski definition) is 3. The molecule has 5 nitrogen and oxygen atoms in total. The number of rotatable bonds is 6. The van der Waals surface area contributed by atoms with Crippen molar-refractivity contribution in [2.75, 3.05) is 0 Å². The molecule has 0 aliphatic carbocycles. The van der Waals surface area contributed by atoms with Gasteiger partial charge in [0.1, 0.15) is 6.04 Å². The molecule has 0 bridgehead atoms. The van der Waals surface area contributed by atoms with Gasteiger partial charge in [0.15, 0.2) is 0 Å². The first-order valence-corrected chi connectivity index (χ1v) is 7.07. The molecule has 4 N–H and O–H groups in total. The summed E-state index contributed by atoms with van der Waals surface area (Å²) >= 11 is 5.79. The first-order valence-electron chi connectivity index (χ1n) is 6.69. The Bertz CT molecular complexity index is 644. The van der Waals surface area contributed by atoms with Crippen molar-refractivity contribution in [2.45, 2.75) is 12.5 Å².